The Morgan fingerprint density at radius 1 is 0.787 bits per heavy atom. The number of pyridine rings is 1. The molecule has 0 saturated heterocycles. The van der Waals surface area contributed by atoms with Gasteiger partial charge in [-0.3, -0.25) is 4.79 Å². The van der Waals surface area contributed by atoms with Crippen molar-refractivity contribution in [2.45, 2.75) is 38.7 Å². The standard InChI is InChI=1S/C32H31NO7.C2HF3O2/c1-32(2,31(35)36)40-28-19-26(37-3)14-15-27(28)30(34)24-11-16-29(33-20-24)38-18-17-22-9-12-25(13-10-22)39-21-23-7-5-4-6-8-23;3-2(4,5)1(6)7/h4-16,19-20H,17-18,21H2,1-3H3,(H,35,36);(H,6,7). The van der Waals surface area contributed by atoms with Crippen molar-refractivity contribution in [1.82, 2.24) is 4.98 Å². The van der Waals surface area contributed by atoms with Crippen molar-refractivity contribution in [1.29, 1.82) is 0 Å². The van der Waals surface area contributed by atoms with Crippen molar-refractivity contribution in [3.05, 3.63) is 113 Å². The van der Waals surface area contributed by atoms with Crippen LogP contribution >= 0.6 is 0 Å². The number of halogens is 3. The normalized spacial score (nSPS) is 11.0. The fraction of sp³-hybridized carbons (Fsp3) is 0.235. The highest BCUT2D eigenvalue weighted by Crippen LogP contribution is 2.30. The molecular formula is C34H32F3NO9. The second-order valence-corrected chi connectivity index (χ2v) is 10.3. The first-order valence-corrected chi connectivity index (χ1v) is 14.0. The van der Waals surface area contributed by atoms with Crippen LogP contribution in [0.3, 0.4) is 0 Å². The Balaban J connectivity index is 0.000000771. The molecule has 0 unspecified atom stereocenters. The van der Waals surface area contributed by atoms with Crippen LogP contribution in [0, 0.1) is 0 Å². The number of methoxy groups -OCH3 is 1. The summed E-state index contributed by atoms with van der Waals surface area (Å²) < 4.78 is 54.2. The van der Waals surface area contributed by atoms with E-state index < -0.39 is 23.7 Å². The predicted molar refractivity (Wildman–Crippen MR) is 163 cm³/mol. The average Bonchev–Trinajstić information content (AvgIpc) is 3.04. The van der Waals surface area contributed by atoms with Crippen LogP contribution in [-0.4, -0.2) is 58.4 Å². The minimum Gasteiger partial charge on any atom is -0.497 e. The Hall–Kier alpha value is -5.59. The first-order valence-electron chi connectivity index (χ1n) is 14.0. The van der Waals surface area contributed by atoms with Crippen LogP contribution in [0.25, 0.3) is 0 Å². The van der Waals surface area contributed by atoms with E-state index in [4.69, 9.17) is 28.8 Å². The highest BCUT2D eigenvalue weighted by Gasteiger charge is 2.38. The second-order valence-electron chi connectivity index (χ2n) is 10.3. The number of benzene rings is 3. The number of carboxylic acids is 2. The number of ketones is 1. The summed E-state index contributed by atoms with van der Waals surface area (Å²) in [7, 11) is 1.47. The number of aliphatic carboxylic acids is 2. The third-order valence-electron chi connectivity index (χ3n) is 6.37. The van der Waals surface area contributed by atoms with E-state index in [1.165, 1.54) is 39.3 Å². The molecule has 1 heterocycles. The highest BCUT2D eigenvalue weighted by atomic mass is 19.4. The zero-order valence-corrected chi connectivity index (χ0v) is 25.6. The fourth-order valence-corrected chi connectivity index (χ4v) is 3.74. The first kappa shape index (κ1) is 35.9. The van der Waals surface area contributed by atoms with Crippen molar-refractivity contribution < 1.29 is 56.7 Å². The van der Waals surface area contributed by atoms with E-state index in [1.807, 2.05) is 54.6 Å². The minimum absolute atomic E-state index is 0.105. The lowest BCUT2D eigenvalue weighted by Gasteiger charge is -2.23. The molecule has 3 aromatic carbocycles. The van der Waals surface area contributed by atoms with E-state index in [0.29, 0.717) is 36.8 Å². The van der Waals surface area contributed by atoms with Crippen LogP contribution in [0.1, 0.15) is 40.9 Å². The topological polar surface area (TPSA) is 141 Å². The lowest BCUT2D eigenvalue weighted by molar-refractivity contribution is -0.192. The molecule has 0 radical (unpaired) electrons. The summed E-state index contributed by atoms with van der Waals surface area (Å²) in [5.74, 6) is -2.56. The average molecular weight is 656 g/mol. The zero-order valence-electron chi connectivity index (χ0n) is 25.6. The molecule has 0 amide bonds. The molecule has 13 heteroatoms. The summed E-state index contributed by atoms with van der Waals surface area (Å²) in [6, 6.07) is 25.7. The summed E-state index contributed by atoms with van der Waals surface area (Å²) in [5.41, 5.74) is 1.16. The smallest absolute Gasteiger partial charge is 0.490 e. The van der Waals surface area contributed by atoms with Crippen molar-refractivity contribution in [2.24, 2.45) is 0 Å². The van der Waals surface area contributed by atoms with E-state index in [9.17, 15) is 27.9 Å². The highest BCUT2D eigenvalue weighted by molar-refractivity contribution is 6.10. The van der Waals surface area contributed by atoms with Crippen LogP contribution < -0.4 is 18.9 Å². The molecule has 2 N–H and O–H groups in total. The molecule has 0 fully saturated rings. The largest absolute Gasteiger partial charge is 0.497 e. The van der Waals surface area contributed by atoms with E-state index in [0.717, 1.165) is 16.9 Å². The van der Waals surface area contributed by atoms with Gasteiger partial charge in [0.15, 0.2) is 11.4 Å². The number of hydrogen-bond donors (Lipinski definition) is 2. The Morgan fingerprint density at radius 3 is 1.98 bits per heavy atom. The van der Waals surface area contributed by atoms with Crippen molar-refractivity contribution in [3.63, 3.8) is 0 Å². The second kappa shape index (κ2) is 16.1. The molecule has 1 aromatic heterocycles. The molecule has 0 spiro atoms. The maximum atomic E-state index is 13.2. The molecule has 4 rings (SSSR count). The molecular weight excluding hydrogens is 623 g/mol. The monoisotopic (exact) mass is 655 g/mol. The number of carboxylic acid groups (broad SMARTS) is 2. The Labute approximate surface area is 268 Å². The minimum atomic E-state index is -5.08. The van der Waals surface area contributed by atoms with E-state index >= 15 is 0 Å². The van der Waals surface area contributed by atoms with Gasteiger partial charge in [-0.15, -0.1) is 0 Å². The third kappa shape index (κ3) is 11.1. The number of hydrogen-bond acceptors (Lipinski definition) is 8. The number of nitrogens with zero attached hydrogens (tertiary/aromatic N) is 1. The molecule has 0 bridgehead atoms. The fourth-order valence-electron chi connectivity index (χ4n) is 3.74. The van der Waals surface area contributed by atoms with Crippen LogP contribution in [-0.2, 0) is 22.6 Å². The van der Waals surface area contributed by atoms with Crippen molar-refractivity contribution in [2.75, 3.05) is 13.7 Å². The van der Waals surface area contributed by atoms with E-state index in [-0.39, 0.29) is 17.1 Å². The number of ether oxygens (including phenoxy) is 4. The summed E-state index contributed by atoms with van der Waals surface area (Å²) in [4.78, 5) is 38.0. The van der Waals surface area contributed by atoms with Gasteiger partial charge >= 0.3 is 18.1 Å². The van der Waals surface area contributed by atoms with Gasteiger partial charge in [0.2, 0.25) is 5.88 Å². The maximum Gasteiger partial charge on any atom is 0.490 e. The molecule has 0 aliphatic heterocycles. The first-order chi connectivity index (χ1) is 22.2. The van der Waals surface area contributed by atoms with Gasteiger partial charge in [-0.1, -0.05) is 42.5 Å². The molecule has 0 aliphatic rings. The van der Waals surface area contributed by atoms with Gasteiger partial charge in [-0.05, 0) is 55.3 Å². The van der Waals surface area contributed by atoms with E-state index in [1.54, 1.807) is 18.2 Å². The maximum absolute atomic E-state index is 13.2. The van der Waals surface area contributed by atoms with Crippen LogP contribution in [0.15, 0.2) is 91.1 Å². The van der Waals surface area contributed by atoms with Gasteiger partial charge in [0.05, 0.1) is 19.3 Å². The summed E-state index contributed by atoms with van der Waals surface area (Å²) >= 11 is 0. The molecule has 0 atom stereocenters. The number of aromatic nitrogens is 1. The van der Waals surface area contributed by atoms with Gasteiger partial charge in [0.25, 0.3) is 0 Å². The lowest BCUT2D eigenvalue weighted by atomic mass is 10.0. The van der Waals surface area contributed by atoms with Gasteiger partial charge < -0.3 is 29.2 Å². The van der Waals surface area contributed by atoms with Crippen molar-refractivity contribution in [3.8, 4) is 23.1 Å². The molecule has 47 heavy (non-hydrogen) atoms. The molecule has 0 aliphatic carbocycles. The predicted octanol–water partition coefficient (Wildman–Crippen LogP) is 6.40. The van der Waals surface area contributed by atoms with Crippen molar-refractivity contribution >= 4 is 17.7 Å². The van der Waals surface area contributed by atoms with Gasteiger partial charge in [0, 0.05) is 30.3 Å². The number of alkyl halides is 3. The Morgan fingerprint density at radius 2 is 1.43 bits per heavy atom. The third-order valence-corrected chi connectivity index (χ3v) is 6.37. The van der Waals surface area contributed by atoms with Gasteiger partial charge in [-0.25, -0.2) is 14.6 Å². The van der Waals surface area contributed by atoms with Crippen LogP contribution in [0.4, 0.5) is 13.2 Å². The summed E-state index contributed by atoms with van der Waals surface area (Å²) in [6.45, 7) is 3.74. The number of carbonyl (C=O) groups is 3. The Kier molecular flexibility index (Phi) is 12.3. The molecule has 4 aromatic rings. The SMILES string of the molecule is COc1ccc(C(=O)c2ccc(OCCc3ccc(OCc4ccccc4)cc3)nc2)c(OC(C)(C)C(=O)O)c1.O=C(O)C(F)(F)F. The number of rotatable bonds is 13. The Bertz CT molecular complexity index is 1640. The van der Waals surface area contributed by atoms with Gasteiger partial charge in [-0.2, -0.15) is 13.2 Å². The summed E-state index contributed by atoms with van der Waals surface area (Å²) in [6.07, 6.45) is -2.99. The van der Waals surface area contributed by atoms with Crippen LogP contribution in [0.5, 0.6) is 23.1 Å². The molecule has 0 saturated carbocycles. The quantitative estimate of drug-likeness (QED) is 0.156. The van der Waals surface area contributed by atoms with Gasteiger partial charge in [0.1, 0.15) is 23.9 Å². The molecule has 248 valence electrons. The summed E-state index contributed by atoms with van der Waals surface area (Å²) in [5, 5.41) is 16.6. The van der Waals surface area contributed by atoms with E-state index in [2.05, 4.69) is 4.98 Å². The van der Waals surface area contributed by atoms with Crippen LogP contribution in [0.2, 0.25) is 0 Å². The molecule has 10 nitrogen and oxygen atoms in total. The lowest BCUT2D eigenvalue weighted by Crippen LogP contribution is -2.38. The zero-order chi connectivity index (χ0) is 34.6. The number of carbonyl (C=O) groups excluding carboxylic acids is 1.